The van der Waals surface area contributed by atoms with Crippen molar-refractivity contribution in [3.63, 3.8) is 0 Å². The van der Waals surface area contributed by atoms with E-state index in [0.717, 1.165) is 5.76 Å². The Hall–Kier alpha value is -2.24. The Balaban J connectivity index is 2.06. The molecule has 0 spiro atoms. The average molecular weight is 392 g/mol. The first kappa shape index (κ1) is 18.5. The van der Waals surface area contributed by atoms with Gasteiger partial charge in [-0.1, -0.05) is 37.0 Å². The molecule has 136 valence electrons. The third-order valence-corrected chi connectivity index (χ3v) is 4.49. The van der Waals surface area contributed by atoms with Gasteiger partial charge in [-0.3, -0.25) is 4.79 Å². The number of nitrogens with zero attached hydrogens (tertiary/aromatic N) is 2. The maximum absolute atomic E-state index is 12.7. The molecule has 5 nitrogen and oxygen atoms in total. The minimum absolute atomic E-state index is 0.216. The van der Waals surface area contributed by atoms with Gasteiger partial charge >= 0.3 is 0 Å². The smallest absolute Gasteiger partial charge is 0.270 e. The van der Waals surface area contributed by atoms with Gasteiger partial charge in [-0.15, -0.1) is 0 Å². The molecule has 2 heterocycles. The first-order valence-electron chi connectivity index (χ1n) is 8.25. The minimum Gasteiger partial charge on any atom is -0.460 e. The normalized spacial score (nSPS) is 11.2. The second-order valence-corrected chi connectivity index (χ2v) is 7.25. The molecule has 0 fully saturated rings. The molecule has 0 aliphatic rings. The Morgan fingerprint density at radius 3 is 2.58 bits per heavy atom. The van der Waals surface area contributed by atoms with Crippen molar-refractivity contribution >= 4 is 29.1 Å². The predicted octanol–water partition coefficient (Wildman–Crippen LogP) is 5.13. The summed E-state index contributed by atoms with van der Waals surface area (Å²) in [7, 11) is 0. The number of carbonyl (C=O) groups excluding carboxylic acids is 1. The van der Waals surface area contributed by atoms with Crippen molar-refractivity contribution in [2.24, 2.45) is 5.92 Å². The van der Waals surface area contributed by atoms with Crippen molar-refractivity contribution in [2.45, 2.75) is 20.8 Å². The van der Waals surface area contributed by atoms with E-state index in [-0.39, 0.29) is 5.91 Å². The summed E-state index contributed by atoms with van der Waals surface area (Å²) in [6, 6.07) is 10.5. The molecular formula is C19H19Cl2N3O2. The van der Waals surface area contributed by atoms with E-state index in [1.807, 2.05) is 32.9 Å². The number of furan rings is 1. The van der Waals surface area contributed by atoms with E-state index >= 15 is 0 Å². The van der Waals surface area contributed by atoms with E-state index in [0.29, 0.717) is 45.3 Å². The molecule has 0 radical (unpaired) electrons. The Bertz CT molecular complexity index is 944. The number of aryl methyl sites for hydroxylation is 1. The Morgan fingerprint density at radius 2 is 1.96 bits per heavy atom. The molecule has 7 heteroatoms. The zero-order valence-electron chi connectivity index (χ0n) is 14.7. The quantitative estimate of drug-likeness (QED) is 0.655. The van der Waals surface area contributed by atoms with E-state index in [2.05, 4.69) is 10.4 Å². The third kappa shape index (κ3) is 3.94. The van der Waals surface area contributed by atoms with Crippen LogP contribution in [0.3, 0.4) is 0 Å². The fourth-order valence-electron chi connectivity index (χ4n) is 2.44. The van der Waals surface area contributed by atoms with Crippen molar-refractivity contribution in [1.29, 1.82) is 0 Å². The maximum atomic E-state index is 12.7. The second-order valence-electron chi connectivity index (χ2n) is 6.44. The topological polar surface area (TPSA) is 60.1 Å². The third-order valence-electron chi connectivity index (χ3n) is 3.75. The molecule has 0 saturated carbocycles. The van der Waals surface area contributed by atoms with E-state index in [1.165, 1.54) is 0 Å². The summed E-state index contributed by atoms with van der Waals surface area (Å²) in [5.74, 6) is 1.49. The van der Waals surface area contributed by atoms with Gasteiger partial charge in [0.05, 0.1) is 15.7 Å². The zero-order valence-corrected chi connectivity index (χ0v) is 16.2. The van der Waals surface area contributed by atoms with Gasteiger partial charge in [0.25, 0.3) is 5.91 Å². The highest BCUT2D eigenvalue weighted by Crippen LogP contribution is 2.27. The molecule has 2 aromatic heterocycles. The minimum atomic E-state index is -0.216. The number of hydrogen-bond donors (Lipinski definition) is 1. The van der Waals surface area contributed by atoms with Gasteiger partial charge in [0, 0.05) is 12.6 Å². The molecule has 0 unspecified atom stereocenters. The van der Waals surface area contributed by atoms with Crippen LogP contribution in [0, 0.1) is 12.8 Å². The van der Waals surface area contributed by atoms with Crippen LogP contribution in [0.2, 0.25) is 10.0 Å². The lowest BCUT2D eigenvalue weighted by molar-refractivity contribution is 0.0941. The summed E-state index contributed by atoms with van der Waals surface area (Å²) in [5, 5.41) is 8.29. The summed E-state index contributed by atoms with van der Waals surface area (Å²) in [4.78, 5) is 12.7. The van der Waals surface area contributed by atoms with Gasteiger partial charge in [-0.2, -0.15) is 5.10 Å². The monoisotopic (exact) mass is 391 g/mol. The van der Waals surface area contributed by atoms with E-state index in [1.54, 1.807) is 28.9 Å². The molecule has 1 N–H and O–H groups in total. The number of amides is 1. The molecule has 0 saturated heterocycles. The number of halogens is 2. The Labute approximate surface area is 161 Å². The van der Waals surface area contributed by atoms with Crippen LogP contribution in [0.25, 0.3) is 17.1 Å². The Kier molecular flexibility index (Phi) is 5.39. The predicted molar refractivity (Wildman–Crippen MR) is 103 cm³/mol. The molecule has 0 atom stereocenters. The molecule has 0 aliphatic carbocycles. The molecule has 26 heavy (non-hydrogen) atoms. The molecular weight excluding hydrogens is 373 g/mol. The Morgan fingerprint density at radius 1 is 1.19 bits per heavy atom. The molecule has 3 aromatic rings. The highest BCUT2D eigenvalue weighted by atomic mass is 35.5. The number of rotatable bonds is 5. The van der Waals surface area contributed by atoms with E-state index in [9.17, 15) is 4.79 Å². The van der Waals surface area contributed by atoms with Crippen molar-refractivity contribution < 1.29 is 9.21 Å². The largest absolute Gasteiger partial charge is 0.460 e. The summed E-state index contributed by atoms with van der Waals surface area (Å²) in [6.45, 7) is 6.50. The lowest BCUT2D eigenvalue weighted by atomic mass is 10.2. The van der Waals surface area contributed by atoms with Crippen molar-refractivity contribution in [1.82, 2.24) is 15.1 Å². The molecule has 1 aromatic carbocycles. The summed E-state index contributed by atoms with van der Waals surface area (Å²) < 4.78 is 7.19. The average Bonchev–Trinajstić information content (AvgIpc) is 3.21. The first-order chi connectivity index (χ1) is 12.3. The van der Waals surface area contributed by atoms with Crippen LogP contribution in [0.1, 0.15) is 30.1 Å². The van der Waals surface area contributed by atoms with Gasteiger partial charge < -0.3 is 9.73 Å². The lowest BCUT2D eigenvalue weighted by Crippen LogP contribution is -2.29. The molecule has 1 amide bonds. The fourth-order valence-corrected chi connectivity index (χ4v) is 2.73. The van der Waals surface area contributed by atoms with Crippen molar-refractivity contribution in [2.75, 3.05) is 6.54 Å². The standard InChI is InChI=1S/C19H19Cl2N3O2/c1-11(2)10-22-19(25)17-9-16(18-7-4-12(3)26-18)23-24(17)13-5-6-14(20)15(21)8-13/h4-9,11H,10H2,1-3H3,(H,22,25). The summed E-state index contributed by atoms with van der Waals surface area (Å²) in [6.07, 6.45) is 0. The van der Waals surface area contributed by atoms with Gasteiger partial charge in [0.15, 0.2) is 5.76 Å². The van der Waals surface area contributed by atoms with Crippen LogP contribution in [-0.2, 0) is 0 Å². The summed E-state index contributed by atoms with van der Waals surface area (Å²) >= 11 is 12.1. The second kappa shape index (κ2) is 7.56. The number of carbonyl (C=O) groups is 1. The highest BCUT2D eigenvalue weighted by molar-refractivity contribution is 6.42. The van der Waals surface area contributed by atoms with Gasteiger partial charge in [-0.25, -0.2) is 4.68 Å². The van der Waals surface area contributed by atoms with Crippen LogP contribution in [0.15, 0.2) is 40.8 Å². The van der Waals surface area contributed by atoms with E-state index in [4.69, 9.17) is 27.6 Å². The molecule has 0 aliphatic heterocycles. The van der Waals surface area contributed by atoms with Crippen LogP contribution in [0.5, 0.6) is 0 Å². The maximum Gasteiger partial charge on any atom is 0.270 e. The van der Waals surface area contributed by atoms with Crippen LogP contribution in [0.4, 0.5) is 0 Å². The number of benzene rings is 1. The fraction of sp³-hybridized carbons (Fsp3) is 0.263. The van der Waals surface area contributed by atoms with Crippen LogP contribution >= 0.6 is 23.2 Å². The SMILES string of the molecule is Cc1ccc(-c2cc(C(=O)NCC(C)C)n(-c3ccc(Cl)c(Cl)c3)n2)o1. The van der Waals surface area contributed by atoms with Crippen LogP contribution in [-0.4, -0.2) is 22.2 Å². The van der Waals surface area contributed by atoms with Crippen LogP contribution < -0.4 is 5.32 Å². The highest BCUT2D eigenvalue weighted by Gasteiger charge is 2.19. The van der Waals surface area contributed by atoms with E-state index < -0.39 is 0 Å². The van der Waals surface area contributed by atoms with Crippen molar-refractivity contribution in [3.8, 4) is 17.1 Å². The molecule has 0 bridgehead atoms. The lowest BCUT2D eigenvalue weighted by Gasteiger charge is -2.10. The van der Waals surface area contributed by atoms with Gasteiger partial charge in [-0.05, 0) is 43.2 Å². The number of aromatic nitrogens is 2. The molecule has 3 rings (SSSR count). The number of nitrogens with one attached hydrogen (secondary N) is 1. The van der Waals surface area contributed by atoms with Crippen molar-refractivity contribution in [3.05, 3.63) is 57.9 Å². The summed E-state index contributed by atoms with van der Waals surface area (Å²) in [5.41, 5.74) is 1.61. The number of hydrogen-bond acceptors (Lipinski definition) is 3. The van der Waals surface area contributed by atoms with Gasteiger partial charge in [0.2, 0.25) is 0 Å². The first-order valence-corrected chi connectivity index (χ1v) is 9.01. The zero-order chi connectivity index (χ0) is 18.8. The van der Waals surface area contributed by atoms with Gasteiger partial charge in [0.1, 0.15) is 17.1 Å².